The van der Waals surface area contributed by atoms with E-state index in [4.69, 9.17) is 10.5 Å². The molecule has 1 aromatic heterocycles. The summed E-state index contributed by atoms with van der Waals surface area (Å²) < 4.78 is 5.73. The minimum atomic E-state index is 0.481. The number of para-hydroxylation sites is 1. The molecule has 5 heteroatoms. The third-order valence-corrected chi connectivity index (χ3v) is 2.47. The molecule has 0 atom stereocenters. The van der Waals surface area contributed by atoms with E-state index in [0.717, 1.165) is 5.56 Å². The summed E-state index contributed by atoms with van der Waals surface area (Å²) >= 11 is 0. The van der Waals surface area contributed by atoms with Gasteiger partial charge in [0.05, 0.1) is 5.69 Å². The van der Waals surface area contributed by atoms with Crippen LogP contribution in [0.3, 0.4) is 0 Å². The summed E-state index contributed by atoms with van der Waals surface area (Å²) in [4.78, 5) is 10.2. The van der Waals surface area contributed by atoms with Gasteiger partial charge in [0.15, 0.2) is 5.75 Å². The van der Waals surface area contributed by atoms with E-state index in [1.54, 1.807) is 18.3 Å². The van der Waals surface area contributed by atoms with Crippen LogP contribution in [0.4, 0.5) is 11.6 Å². The molecule has 0 spiro atoms. The SMILES string of the molecule is Cc1cccc(N)c1Oc1ccnc(N(C)C)n1. The van der Waals surface area contributed by atoms with Crippen molar-refractivity contribution in [1.29, 1.82) is 0 Å². The molecule has 0 bridgehead atoms. The highest BCUT2D eigenvalue weighted by molar-refractivity contribution is 5.57. The second-order valence-electron chi connectivity index (χ2n) is 4.18. The van der Waals surface area contributed by atoms with Crippen molar-refractivity contribution in [3.05, 3.63) is 36.0 Å². The molecule has 18 heavy (non-hydrogen) atoms. The molecule has 0 radical (unpaired) electrons. The molecule has 0 aliphatic heterocycles. The number of nitrogens with two attached hydrogens (primary N) is 1. The largest absolute Gasteiger partial charge is 0.436 e. The van der Waals surface area contributed by atoms with E-state index in [-0.39, 0.29) is 0 Å². The number of aryl methyl sites for hydroxylation is 1. The lowest BCUT2D eigenvalue weighted by molar-refractivity contribution is 0.460. The van der Waals surface area contributed by atoms with Crippen LogP contribution in [0.2, 0.25) is 0 Å². The van der Waals surface area contributed by atoms with Gasteiger partial charge in [0, 0.05) is 26.4 Å². The molecule has 1 aromatic carbocycles. The fraction of sp³-hybridized carbons (Fsp3) is 0.231. The lowest BCUT2D eigenvalue weighted by Crippen LogP contribution is -2.12. The van der Waals surface area contributed by atoms with E-state index in [0.29, 0.717) is 23.3 Å². The third kappa shape index (κ3) is 2.51. The Morgan fingerprint density at radius 1 is 1.22 bits per heavy atom. The Morgan fingerprint density at radius 3 is 2.67 bits per heavy atom. The van der Waals surface area contributed by atoms with E-state index in [9.17, 15) is 0 Å². The van der Waals surface area contributed by atoms with Crippen LogP contribution in [0.15, 0.2) is 30.5 Å². The molecule has 2 aromatic rings. The zero-order valence-corrected chi connectivity index (χ0v) is 10.7. The average molecular weight is 244 g/mol. The third-order valence-electron chi connectivity index (χ3n) is 2.47. The molecule has 0 saturated heterocycles. The van der Waals surface area contributed by atoms with Crippen LogP contribution >= 0.6 is 0 Å². The Hall–Kier alpha value is -2.30. The number of benzene rings is 1. The van der Waals surface area contributed by atoms with Crippen molar-refractivity contribution in [1.82, 2.24) is 9.97 Å². The highest BCUT2D eigenvalue weighted by Gasteiger charge is 2.08. The lowest BCUT2D eigenvalue weighted by Gasteiger charge is -2.13. The summed E-state index contributed by atoms with van der Waals surface area (Å²) in [5, 5.41) is 0. The number of nitrogens with zero attached hydrogens (tertiary/aromatic N) is 3. The highest BCUT2D eigenvalue weighted by Crippen LogP contribution is 2.29. The Bertz CT molecular complexity index is 534. The van der Waals surface area contributed by atoms with Gasteiger partial charge in [-0.05, 0) is 18.6 Å². The molecule has 94 valence electrons. The molecule has 0 unspecified atom stereocenters. The van der Waals surface area contributed by atoms with Gasteiger partial charge >= 0.3 is 0 Å². The van der Waals surface area contributed by atoms with E-state index in [1.807, 2.05) is 38.1 Å². The molecule has 2 rings (SSSR count). The van der Waals surface area contributed by atoms with Crippen molar-refractivity contribution < 1.29 is 4.74 Å². The van der Waals surface area contributed by atoms with Gasteiger partial charge < -0.3 is 15.4 Å². The first-order chi connectivity index (χ1) is 8.58. The van der Waals surface area contributed by atoms with E-state index in [2.05, 4.69) is 9.97 Å². The van der Waals surface area contributed by atoms with E-state index >= 15 is 0 Å². The number of aromatic nitrogens is 2. The molecule has 2 N–H and O–H groups in total. The topological polar surface area (TPSA) is 64.3 Å². The minimum Gasteiger partial charge on any atom is -0.436 e. The van der Waals surface area contributed by atoms with Crippen molar-refractivity contribution in [3.8, 4) is 11.6 Å². The predicted molar refractivity (Wildman–Crippen MR) is 72.0 cm³/mol. The Kier molecular flexibility index (Phi) is 3.32. The Morgan fingerprint density at radius 2 is 2.00 bits per heavy atom. The Labute approximate surface area is 106 Å². The normalized spacial score (nSPS) is 10.2. The molecule has 0 saturated carbocycles. The van der Waals surface area contributed by atoms with Crippen LogP contribution in [0, 0.1) is 6.92 Å². The quantitative estimate of drug-likeness (QED) is 0.839. The zero-order valence-electron chi connectivity index (χ0n) is 10.7. The van der Waals surface area contributed by atoms with Crippen LogP contribution in [0.25, 0.3) is 0 Å². The molecule has 0 aliphatic rings. The van der Waals surface area contributed by atoms with Crippen molar-refractivity contribution in [2.24, 2.45) is 0 Å². The van der Waals surface area contributed by atoms with Crippen molar-refractivity contribution in [2.75, 3.05) is 24.7 Å². The van der Waals surface area contributed by atoms with Gasteiger partial charge in [0.1, 0.15) is 0 Å². The maximum Gasteiger partial charge on any atom is 0.228 e. The Balaban J connectivity index is 2.31. The number of anilines is 2. The maximum absolute atomic E-state index is 5.89. The van der Waals surface area contributed by atoms with Gasteiger partial charge in [-0.25, -0.2) is 4.98 Å². The molecule has 5 nitrogen and oxygen atoms in total. The molecule has 1 heterocycles. The van der Waals surface area contributed by atoms with Crippen LogP contribution in [-0.4, -0.2) is 24.1 Å². The van der Waals surface area contributed by atoms with Gasteiger partial charge in [-0.1, -0.05) is 12.1 Å². The molecule has 0 aliphatic carbocycles. The van der Waals surface area contributed by atoms with Crippen molar-refractivity contribution >= 4 is 11.6 Å². The standard InChI is InChI=1S/C13H16N4O/c1-9-5-4-6-10(14)12(9)18-11-7-8-15-13(16-11)17(2)3/h4-8H,14H2,1-3H3. The summed E-state index contributed by atoms with van der Waals surface area (Å²) in [5.41, 5.74) is 7.46. The second kappa shape index (κ2) is 4.91. The van der Waals surface area contributed by atoms with Gasteiger partial charge in [-0.2, -0.15) is 4.98 Å². The number of ether oxygens (including phenoxy) is 1. The number of rotatable bonds is 3. The fourth-order valence-electron chi connectivity index (χ4n) is 1.52. The number of hydrogen-bond acceptors (Lipinski definition) is 5. The van der Waals surface area contributed by atoms with Crippen LogP contribution < -0.4 is 15.4 Å². The van der Waals surface area contributed by atoms with Gasteiger partial charge in [0.2, 0.25) is 11.8 Å². The molecule has 0 fully saturated rings. The van der Waals surface area contributed by atoms with Gasteiger partial charge in [-0.15, -0.1) is 0 Å². The number of hydrogen-bond donors (Lipinski definition) is 1. The van der Waals surface area contributed by atoms with Crippen LogP contribution in [0.1, 0.15) is 5.56 Å². The summed E-state index contributed by atoms with van der Waals surface area (Å²) in [6.45, 7) is 1.94. The smallest absolute Gasteiger partial charge is 0.228 e. The average Bonchev–Trinajstić information content (AvgIpc) is 2.34. The van der Waals surface area contributed by atoms with Crippen LogP contribution in [0.5, 0.6) is 11.6 Å². The minimum absolute atomic E-state index is 0.481. The van der Waals surface area contributed by atoms with E-state index in [1.165, 1.54) is 0 Å². The predicted octanol–water partition coefficient (Wildman–Crippen LogP) is 2.23. The van der Waals surface area contributed by atoms with Crippen molar-refractivity contribution in [3.63, 3.8) is 0 Å². The lowest BCUT2D eigenvalue weighted by atomic mass is 10.2. The summed E-state index contributed by atoms with van der Waals surface area (Å²) in [6, 6.07) is 7.34. The summed E-state index contributed by atoms with van der Waals surface area (Å²) in [7, 11) is 3.75. The highest BCUT2D eigenvalue weighted by atomic mass is 16.5. The molecular weight excluding hydrogens is 228 g/mol. The van der Waals surface area contributed by atoms with Crippen LogP contribution in [-0.2, 0) is 0 Å². The van der Waals surface area contributed by atoms with Gasteiger partial charge in [-0.3, -0.25) is 0 Å². The maximum atomic E-state index is 5.89. The van der Waals surface area contributed by atoms with E-state index < -0.39 is 0 Å². The number of nitrogen functional groups attached to an aromatic ring is 1. The first kappa shape index (κ1) is 12.2. The first-order valence-electron chi connectivity index (χ1n) is 5.61. The van der Waals surface area contributed by atoms with Crippen molar-refractivity contribution in [2.45, 2.75) is 6.92 Å². The summed E-state index contributed by atoms with van der Waals surface area (Å²) in [5.74, 6) is 1.72. The fourth-order valence-corrected chi connectivity index (χ4v) is 1.52. The zero-order chi connectivity index (χ0) is 13.1. The summed E-state index contributed by atoms with van der Waals surface area (Å²) in [6.07, 6.45) is 1.66. The molecular formula is C13H16N4O. The van der Waals surface area contributed by atoms with Gasteiger partial charge in [0.25, 0.3) is 0 Å². The molecule has 0 amide bonds. The monoisotopic (exact) mass is 244 g/mol. The second-order valence-corrected chi connectivity index (χ2v) is 4.18. The first-order valence-corrected chi connectivity index (χ1v) is 5.61.